The molecule has 8 heteroatoms. The highest BCUT2D eigenvalue weighted by atomic mass is 32.2. The van der Waals surface area contributed by atoms with Gasteiger partial charge in [0.1, 0.15) is 0 Å². The molecule has 0 aliphatic carbocycles. The summed E-state index contributed by atoms with van der Waals surface area (Å²) in [4.78, 5) is 12.0. The first-order valence-corrected chi connectivity index (χ1v) is 9.20. The summed E-state index contributed by atoms with van der Waals surface area (Å²) in [5, 5.41) is 7.68. The van der Waals surface area contributed by atoms with Crippen LogP contribution in [0.25, 0.3) is 0 Å². The second kappa shape index (κ2) is 8.09. The van der Waals surface area contributed by atoms with Crippen molar-refractivity contribution in [2.75, 3.05) is 12.4 Å². The molecule has 0 spiro atoms. The van der Waals surface area contributed by atoms with E-state index in [1.54, 1.807) is 30.3 Å². The Morgan fingerprint density at radius 1 is 1.16 bits per heavy atom. The van der Waals surface area contributed by atoms with E-state index < -0.39 is 15.8 Å². The summed E-state index contributed by atoms with van der Waals surface area (Å²) in [5.41, 5.74) is 1.77. The fourth-order valence-electron chi connectivity index (χ4n) is 2.26. The summed E-state index contributed by atoms with van der Waals surface area (Å²) in [7, 11) is -2.20. The van der Waals surface area contributed by atoms with E-state index >= 15 is 0 Å². The number of primary sulfonamides is 1. The number of halogens is 1. The number of hydrogen-bond acceptors (Lipinski definition) is 4. The molecule has 6 nitrogen and oxygen atoms in total. The molecule has 2 rings (SSSR count). The van der Waals surface area contributed by atoms with Gasteiger partial charge in [0, 0.05) is 12.1 Å². The van der Waals surface area contributed by atoms with E-state index in [4.69, 9.17) is 9.88 Å². The van der Waals surface area contributed by atoms with Crippen LogP contribution in [0.15, 0.2) is 42.5 Å². The Balaban J connectivity index is 1.88. The van der Waals surface area contributed by atoms with Gasteiger partial charge in [0.15, 0.2) is 11.6 Å². The maximum absolute atomic E-state index is 13.6. The molecule has 0 radical (unpaired) electrons. The summed E-state index contributed by atoms with van der Waals surface area (Å²) in [6, 6.07) is 10.9. The minimum atomic E-state index is -3.59. The van der Waals surface area contributed by atoms with Crippen molar-refractivity contribution < 1.29 is 22.3 Å². The van der Waals surface area contributed by atoms with Crippen molar-refractivity contribution in [3.63, 3.8) is 0 Å². The van der Waals surface area contributed by atoms with Gasteiger partial charge in [0.2, 0.25) is 15.9 Å². The van der Waals surface area contributed by atoms with E-state index in [-0.39, 0.29) is 23.8 Å². The lowest BCUT2D eigenvalue weighted by atomic mass is 10.1. The highest BCUT2D eigenvalue weighted by molar-refractivity contribution is 7.88. The van der Waals surface area contributed by atoms with Crippen LogP contribution in [0.3, 0.4) is 0 Å². The average molecular weight is 366 g/mol. The van der Waals surface area contributed by atoms with Crippen molar-refractivity contribution in [1.82, 2.24) is 0 Å². The quantitative estimate of drug-likeness (QED) is 0.785. The zero-order valence-electron chi connectivity index (χ0n) is 13.7. The Kier molecular flexibility index (Phi) is 6.11. The number of ether oxygens (including phenoxy) is 1. The van der Waals surface area contributed by atoms with Gasteiger partial charge in [0.25, 0.3) is 0 Å². The minimum Gasteiger partial charge on any atom is -0.494 e. The molecule has 0 saturated heterocycles. The number of amides is 1. The normalized spacial score (nSPS) is 11.2. The number of rotatable bonds is 7. The maximum atomic E-state index is 13.6. The lowest BCUT2D eigenvalue weighted by molar-refractivity contribution is -0.116. The molecule has 0 fully saturated rings. The summed E-state index contributed by atoms with van der Waals surface area (Å²) in [5.74, 6) is -0.793. The molecular formula is C17H19FN2O4S. The second-order valence-corrected chi connectivity index (χ2v) is 7.14. The van der Waals surface area contributed by atoms with E-state index in [2.05, 4.69) is 5.32 Å². The van der Waals surface area contributed by atoms with E-state index in [1.165, 1.54) is 19.2 Å². The molecular weight excluding hydrogens is 347 g/mol. The Labute approximate surface area is 145 Å². The first kappa shape index (κ1) is 18.9. The van der Waals surface area contributed by atoms with Crippen molar-refractivity contribution in [3.05, 3.63) is 59.4 Å². The van der Waals surface area contributed by atoms with Crippen molar-refractivity contribution in [3.8, 4) is 5.75 Å². The van der Waals surface area contributed by atoms with Gasteiger partial charge in [-0.3, -0.25) is 4.79 Å². The number of carbonyl (C=O) groups is 1. The molecule has 0 atom stereocenters. The molecule has 1 amide bonds. The number of nitrogens with two attached hydrogens (primary N) is 1. The van der Waals surface area contributed by atoms with Crippen molar-refractivity contribution in [1.29, 1.82) is 0 Å². The number of nitrogens with one attached hydrogen (secondary N) is 1. The Hall–Kier alpha value is -2.45. The van der Waals surface area contributed by atoms with Crippen molar-refractivity contribution >= 4 is 21.6 Å². The highest BCUT2D eigenvalue weighted by Gasteiger charge is 2.08. The van der Waals surface area contributed by atoms with Gasteiger partial charge in [-0.1, -0.05) is 18.2 Å². The minimum absolute atomic E-state index is 0.160. The fraction of sp³-hybridized carbons (Fsp3) is 0.235. The molecule has 0 aromatic heterocycles. The largest absolute Gasteiger partial charge is 0.494 e. The van der Waals surface area contributed by atoms with Gasteiger partial charge in [-0.05, 0) is 41.8 Å². The van der Waals surface area contributed by atoms with Crippen LogP contribution in [-0.4, -0.2) is 21.4 Å². The molecule has 0 heterocycles. The number of aryl methyl sites for hydroxylation is 1. The monoisotopic (exact) mass is 366 g/mol. The molecule has 134 valence electrons. The highest BCUT2D eigenvalue weighted by Crippen LogP contribution is 2.19. The SMILES string of the molecule is COc1ccc(CCC(=O)Nc2ccc(CS(N)(=O)=O)cc2)cc1F. The van der Waals surface area contributed by atoms with Crippen LogP contribution in [0.5, 0.6) is 5.75 Å². The Morgan fingerprint density at radius 2 is 1.80 bits per heavy atom. The molecule has 0 aliphatic heterocycles. The number of methoxy groups -OCH3 is 1. The Bertz CT molecular complexity index is 851. The number of sulfonamides is 1. The lowest BCUT2D eigenvalue weighted by Crippen LogP contribution is -2.15. The smallest absolute Gasteiger partial charge is 0.224 e. The zero-order chi connectivity index (χ0) is 18.4. The third kappa shape index (κ3) is 6.17. The van der Waals surface area contributed by atoms with Crippen LogP contribution in [0.2, 0.25) is 0 Å². The van der Waals surface area contributed by atoms with Gasteiger partial charge in [0.05, 0.1) is 12.9 Å². The fourth-order valence-corrected chi connectivity index (χ4v) is 2.92. The van der Waals surface area contributed by atoms with Gasteiger partial charge in [-0.25, -0.2) is 17.9 Å². The molecule has 0 aliphatic rings. The standard InChI is InChI=1S/C17H19FN2O4S/c1-24-16-8-4-12(10-15(16)18)5-9-17(21)20-14-6-2-13(3-7-14)11-25(19,22)23/h2-4,6-8,10H,5,9,11H2,1H3,(H,20,21)(H2,19,22,23). The molecule has 0 bridgehead atoms. The lowest BCUT2D eigenvalue weighted by Gasteiger charge is -2.07. The average Bonchev–Trinajstić information content (AvgIpc) is 2.53. The zero-order valence-corrected chi connectivity index (χ0v) is 14.5. The van der Waals surface area contributed by atoms with Crippen LogP contribution in [0.1, 0.15) is 17.5 Å². The van der Waals surface area contributed by atoms with Crippen LogP contribution in [0, 0.1) is 5.82 Å². The molecule has 3 N–H and O–H groups in total. The second-order valence-electron chi connectivity index (χ2n) is 5.52. The van der Waals surface area contributed by atoms with Crippen molar-refractivity contribution in [2.45, 2.75) is 18.6 Å². The number of hydrogen-bond donors (Lipinski definition) is 2. The number of carbonyl (C=O) groups excluding carboxylic acids is 1. The summed E-state index contributed by atoms with van der Waals surface area (Å²) in [6.45, 7) is 0. The van der Waals surface area contributed by atoms with Crippen LogP contribution < -0.4 is 15.2 Å². The molecule has 2 aromatic carbocycles. The third-order valence-electron chi connectivity index (χ3n) is 3.46. The van der Waals surface area contributed by atoms with E-state index in [0.717, 1.165) is 0 Å². The van der Waals surface area contributed by atoms with Crippen LogP contribution in [-0.2, 0) is 27.0 Å². The predicted octanol–water partition coefficient (Wildman–Crippen LogP) is 2.19. The maximum Gasteiger partial charge on any atom is 0.224 e. The van der Waals surface area contributed by atoms with Crippen molar-refractivity contribution in [2.24, 2.45) is 5.14 Å². The Morgan fingerprint density at radius 3 is 2.36 bits per heavy atom. The summed E-state index contributed by atoms with van der Waals surface area (Å²) >= 11 is 0. The topological polar surface area (TPSA) is 98.5 Å². The molecule has 0 unspecified atom stereocenters. The van der Waals surface area contributed by atoms with E-state index in [1.807, 2.05) is 0 Å². The van der Waals surface area contributed by atoms with Gasteiger partial charge < -0.3 is 10.1 Å². The molecule has 2 aromatic rings. The first-order valence-electron chi connectivity index (χ1n) is 7.48. The van der Waals surface area contributed by atoms with Gasteiger partial charge >= 0.3 is 0 Å². The first-order chi connectivity index (χ1) is 11.8. The van der Waals surface area contributed by atoms with Crippen LogP contribution in [0.4, 0.5) is 10.1 Å². The number of anilines is 1. The van der Waals surface area contributed by atoms with Crippen LogP contribution >= 0.6 is 0 Å². The molecule has 0 saturated carbocycles. The van der Waals surface area contributed by atoms with E-state index in [9.17, 15) is 17.6 Å². The number of benzene rings is 2. The van der Waals surface area contributed by atoms with E-state index in [0.29, 0.717) is 23.2 Å². The van der Waals surface area contributed by atoms with Gasteiger partial charge in [-0.15, -0.1) is 0 Å². The molecule has 25 heavy (non-hydrogen) atoms. The summed E-state index contributed by atoms with van der Waals surface area (Å²) < 4.78 is 40.5. The summed E-state index contributed by atoms with van der Waals surface area (Å²) in [6.07, 6.45) is 0.570. The third-order valence-corrected chi connectivity index (χ3v) is 4.20. The van der Waals surface area contributed by atoms with Gasteiger partial charge in [-0.2, -0.15) is 0 Å². The predicted molar refractivity (Wildman–Crippen MR) is 93.2 cm³/mol.